The van der Waals surface area contributed by atoms with Crippen LogP contribution in [0.4, 0.5) is 0 Å². The zero-order valence-electron chi connectivity index (χ0n) is 23.4. The second-order valence-electron chi connectivity index (χ2n) is 10.7. The summed E-state index contributed by atoms with van der Waals surface area (Å²) in [6, 6.07) is 20.3. The van der Waals surface area contributed by atoms with Crippen molar-refractivity contribution in [2.45, 2.75) is 84.3 Å². The van der Waals surface area contributed by atoms with Crippen molar-refractivity contribution in [3.8, 4) is 0 Å². The second kappa shape index (κ2) is 12.5. The third-order valence-electron chi connectivity index (χ3n) is 7.03. The predicted octanol–water partition coefficient (Wildman–Crippen LogP) is 4.49. The summed E-state index contributed by atoms with van der Waals surface area (Å²) in [4.78, 5) is 31.0. The van der Waals surface area contributed by atoms with E-state index in [4.69, 9.17) is 15.0 Å². The monoisotopic (exact) mass is 520 g/mol. The fourth-order valence-corrected chi connectivity index (χ4v) is 5.14. The van der Waals surface area contributed by atoms with Crippen molar-refractivity contribution in [2.24, 2.45) is 0 Å². The van der Waals surface area contributed by atoms with E-state index < -0.39 is 11.4 Å². The Morgan fingerprint density at radius 2 is 1.26 bits per heavy atom. The predicted molar refractivity (Wildman–Crippen MR) is 146 cm³/mol. The van der Waals surface area contributed by atoms with Crippen LogP contribution < -0.4 is 0 Å². The molecule has 2 aromatic carbocycles. The van der Waals surface area contributed by atoms with E-state index in [2.05, 4.69) is 16.9 Å². The lowest BCUT2D eigenvalue weighted by molar-refractivity contribution is -0.146. The fraction of sp³-hybridized carbons (Fsp3) is 0.500. The van der Waals surface area contributed by atoms with E-state index in [1.165, 1.54) is 12.5 Å². The summed E-state index contributed by atoms with van der Waals surface area (Å²) in [6.45, 7) is 12.1. The number of hydrogen-bond donors (Lipinski definition) is 0. The van der Waals surface area contributed by atoms with Crippen molar-refractivity contribution < 1.29 is 23.9 Å². The molecule has 2 atom stereocenters. The summed E-state index contributed by atoms with van der Waals surface area (Å²) < 4.78 is 11.5. The lowest BCUT2D eigenvalue weighted by Crippen LogP contribution is -2.51. The quantitative estimate of drug-likeness (QED) is 0.319. The van der Waals surface area contributed by atoms with Crippen LogP contribution in [0.5, 0.6) is 0 Å². The molecule has 0 unspecified atom stereocenters. The van der Waals surface area contributed by atoms with Crippen LogP contribution in [0.1, 0.15) is 59.1 Å². The third-order valence-corrected chi connectivity index (χ3v) is 7.03. The molecule has 2 amide bonds. The van der Waals surface area contributed by atoms with E-state index in [0.29, 0.717) is 26.1 Å². The van der Waals surface area contributed by atoms with Gasteiger partial charge in [0, 0.05) is 13.3 Å². The molecule has 2 aliphatic heterocycles. The van der Waals surface area contributed by atoms with Gasteiger partial charge >= 0.3 is 11.6 Å². The Labute approximate surface area is 226 Å². The van der Waals surface area contributed by atoms with Crippen molar-refractivity contribution in [3.63, 3.8) is 0 Å². The molecule has 2 aromatic rings. The molecule has 38 heavy (non-hydrogen) atoms. The number of benzene rings is 2. The number of carbonyl (C=O) groups is 2. The number of amides is 2. The minimum Gasteiger partial charge on any atom is -0.361 e. The van der Waals surface area contributed by atoms with Gasteiger partial charge in [0.1, 0.15) is 11.4 Å². The van der Waals surface area contributed by atoms with Gasteiger partial charge in [-0.15, -0.1) is 0 Å². The summed E-state index contributed by atoms with van der Waals surface area (Å²) in [5.41, 5.74) is 10.1. The van der Waals surface area contributed by atoms with Gasteiger partial charge in [-0.1, -0.05) is 67.6 Å². The Morgan fingerprint density at radius 1 is 0.842 bits per heavy atom. The van der Waals surface area contributed by atoms with Crippen LogP contribution in [0.2, 0.25) is 0 Å². The molecule has 0 aliphatic carbocycles. The Kier molecular flexibility index (Phi) is 9.60. The lowest BCUT2D eigenvalue weighted by atomic mass is 10.0. The molecular weight excluding hydrogens is 480 g/mol. The Balaban J connectivity index is 0.000000212. The Hall–Kier alpha value is -3.32. The molecule has 2 fully saturated rings. The van der Waals surface area contributed by atoms with E-state index in [9.17, 15) is 9.59 Å². The fourth-order valence-electron chi connectivity index (χ4n) is 5.14. The number of rotatable bonds is 6. The van der Waals surface area contributed by atoms with Crippen LogP contribution in [0.25, 0.3) is 5.53 Å². The maximum Gasteiger partial charge on any atom is 0.353 e. The highest BCUT2D eigenvalue weighted by molar-refractivity contribution is 6.35. The average molecular weight is 521 g/mol. The van der Waals surface area contributed by atoms with Gasteiger partial charge in [-0.3, -0.25) is 14.5 Å². The Bertz CT molecular complexity index is 1140. The maximum absolute atomic E-state index is 12.3. The largest absolute Gasteiger partial charge is 0.361 e. The third kappa shape index (κ3) is 6.95. The molecule has 2 aliphatic rings. The number of hydrogen-bond acceptors (Lipinski definition) is 4. The highest BCUT2D eigenvalue weighted by Crippen LogP contribution is 2.30. The van der Waals surface area contributed by atoms with Crippen LogP contribution in [0, 0.1) is 0 Å². The summed E-state index contributed by atoms with van der Waals surface area (Å²) >= 11 is 0. The lowest BCUT2D eigenvalue weighted by Gasteiger charge is -2.33. The molecule has 8 heteroatoms. The minimum absolute atomic E-state index is 0.0587. The molecule has 4 rings (SSSR count). The van der Waals surface area contributed by atoms with E-state index >= 15 is 0 Å². The highest BCUT2D eigenvalue weighted by atomic mass is 16.5. The first-order valence-electron chi connectivity index (χ1n) is 13.2. The molecular formula is C30H40N4O4. The van der Waals surface area contributed by atoms with E-state index in [1.54, 1.807) is 4.90 Å². The molecule has 2 heterocycles. The van der Waals surface area contributed by atoms with Crippen molar-refractivity contribution in [1.29, 1.82) is 0 Å². The van der Waals surface area contributed by atoms with Crippen LogP contribution >= 0.6 is 0 Å². The van der Waals surface area contributed by atoms with Crippen molar-refractivity contribution in [2.75, 3.05) is 13.2 Å². The Morgan fingerprint density at radius 3 is 1.68 bits per heavy atom. The maximum atomic E-state index is 12.3. The first kappa shape index (κ1) is 29.2. The topological polar surface area (TPSA) is 95.5 Å². The van der Waals surface area contributed by atoms with Gasteiger partial charge in [0.25, 0.3) is 0 Å². The van der Waals surface area contributed by atoms with Gasteiger partial charge < -0.3 is 19.9 Å². The number of nitrogens with zero attached hydrogens (tertiary/aromatic N) is 4. The van der Waals surface area contributed by atoms with Gasteiger partial charge in [0.05, 0.1) is 25.3 Å². The molecule has 0 bridgehead atoms. The van der Waals surface area contributed by atoms with Crippen molar-refractivity contribution >= 4 is 17.5 Å². The van der Waals surface area contributed by atoms with Gasteiger partial charge in [-0.05, 0) is 51.7 Å². The van der Waals surface area contributed by atoms with Gasteiger partial charge in [-0.25, -0.2) is 0 Å². The van der Waals surface area contributed by atoms with Crippen LogP contribution in [0.3, 0.4) is 0 Å². The standard InChI is InChI=1S/C15H19N3O2.C15H21NO2/c1-11(17-16)14(19)18-13(10-20-15(18,2)3)9-12-7-5-4-6-8-12;1-4-14(17)16-13(11-18-15(16,2)3)10-12-8-6-5-7-9-12/h4-8,13H,9-10H2,1-3H3;5-9,13H,4,10-11H2,1-3H3/t2*13-/m00/s1. The van der Waals surface area contributed by atoms with Crippen LogP contribution in [-0.4, -0.2) is 68.9 Å². The summed E-state index contributed by atoms with van der Waals surface area (Å²) in [6.07, 6.45) is 2.10. The molecule has 0 N–H and O–H groups in total. The van der Waals surface area contributed by atoms with Gasteiger partial charge in [0.2, 0.25) is 5.91 Å². The molecule has 2 saturated heterocycles. The average Bonchev–Trinajstić information content (AvgIpc) is 3.37. The summed E-state index contributed by atoms with van der Waals surface area (Å²) in [5.74, 6) is -0.130. The first-order chi connectivity index (χ1) is 18.0. The number of ether oxygens (including phenoxy) is 2. The number of carbonyl (C=O) groups excluding carboxylic acids is 2. The molecule has 0 radical (unpaired) electrons. The van der Waals surface area contributed by atoms with E-state index in [1.807, 2.05) is 88.0 Å². The van der Waals surface area contributed by atoms with Crippen LogP contribution in [0.15, 0.2) is 60.7 Å². The molecule has 0 aromatic heterocycles. The van der Waals surface area contributed by atoms with E-state index in [-0.39, 0.29) is 29.6 Å². The minimum atomic E-state index is -0.692. The molecule has 8 nitrogen and oxygen atoms in total. The van der Waals surface area contributed by atoms with Gasteiger partial charge in [0.15, 0.2) is 0 Å². The molecule has 0 spiro atoms. The van der Waals surface area contributed by atoms with E-state index in [0.717, 1.165) is 12.0 Å². The summed E-state index contributed by atoms with van der Waals surface area (Å²) in [5, 5.41) is 0. The zero-order valence-corrected chi connectivity index (χ0v) is 23.4. The van der Waals surface area contributed by atoms with Crippen LogP contribution in [-0.2, 0) is 31.9 Å². The second-order valence-corrected chi connectivity index (χ2v) is 10.7. The van der Waals surface area contributed by atoms with Gasteiger partial charge in [-0.2, -0.15) is 4.79 Å². The summed E-state index contributed by atoms with van der Waals surface area (Å²) in [7, 11) is 0. The van der Waals surface area contributed by atoms with Crippen molar-refractivity contribution in [1.82, 2.24) is 9.80 Å². The molecule has 0 saturated carbocycles. The normalized spacial score (nSPS) is 21.3. The first-order valence-corrected chi connectivity index (χ1v) is 13.2. The van der Waals surface area contributed by atoms with Crippen molar-refractivity contribution in [3.05, 3.63) is 77.3 Å². The smallest absolute Gasteiger partial charge is 0.353 e. The molecule has 204 valence electrons. The SMILES string of the molecule is CC(=[N+]=[N-])C(=O)N1[C@@H](Cc2ccccc2)COC1(C)C.CCC(=O)N1[C@@H](Cc2ccccc2)COC1(C)C. The zero-order chi connectivity index (χ0) is 27.9. The highest BCUT2D eigenvalue weighted by Gasteiger charge is 2.46.